The Morgan fingerprint density at radius 2 is 1.81 bits per heavy atom. The van der Waals surface area contributed by atoms with E-state index in [2.05, 4.69) is 20.4 Å². The van der Waals surface area contributed by atoms with Gasteiger partial charge in [0.2, 0.25) is 17.2 Å². The van der Waals surface area contributed by atoms with Crippen LogP contribution in [0.2, 0.25) is 0 Å². The largest absolute Gasteiger partial charge is 0.333 e. The minimum Gasteiger partial charge on any atom is -0.333 e. The number of hydrogen-bond acceptors (Lipinski definition) is 7. The Hall–Kier alpha value is -4.92. The van der Waals surface area contributed by atoms with Crippen molar-refractivity contribution in [1.82, 2.24) is 19.7 Å². The minimum atomic E-state index is -0.356. The maximum atomic E-state index is 13.4. The molecule has 0 aliphatic rings. The molecular weight excluding hydrogens is 470 g/mol. The fourth-order valence-electron chi connectivity index (χ4n) is 4.04. The number of benzene rings is 2. The first-order valence-electron chi connectivity index (χ1n) is 11.6. The van der Waals surface area contributed by atoms with Gasteiger partial charge >= 0.3 is 0 Å². The number of nitrogens with zero attached hydrogens (tertiary/aromatic N) is 4. The average Bonchev–Trinajstić information content (AvgIpc) is 3.36. The summed E-state index contributed by atoms with van der Waals surface area (Å²) < 4.78 is 7.05. The predicted octanol–water partition coefficient (Wildman–Crippen LogP) is 4.57. The third-order valence-electron chi connectivity index (χ3n) is 5.86. The highest BCUT2D eigenvalue weighted by Crippen LogP contribution is 2.23. The lowest BCUT2D eigenvalue weighted by atomic mass is 10.1. The summed E-state index contributed by atoms with van der Waals surface area (Å²) in [6.07, 6.45) is 1.51. The normalized spacial score (nSPS) is 11.0. The zero-order chi connectivity index (χ0) is 26.1. The molecule has 0 fully saturated rings. The van der Waals surface area contributed by atoms with Gasteiger partial charge in [0.05, 0.1) is 5.39 Å². The van der Waals surface area contributed by atoms with Gasteiger partial charge < -0.3 is 14.4 Å². The number of aryl methyl sites for hydroxylation is 2. The van der Waals surface area contributed by atoms with Crippen molar-refractivity contribution in [3.63, 3.8) is 0 Å². The van der Waals surface area contributed by atoms with E-state index in [-0.39, 0.29) is 35.1 Å². The van der Waals surface area contributed by atoms with E-state index < -0.39 is 0 Å². The topological polar surface area (TPSA) is 120 Å². The Bertz CT molecular complexity index is 1730. The smallest absolute Gasteiger partial charge is 0.263 e. The van der Waals surface area contributed by atoms with Crippen LogP contribution in [0.15, 0.2) is 76.2 Å². The summed E-state index contributed by atoms with van der Waals surface area (Å²) in [7, 11) is 0. The van der Waals surface area contributed by atoms with Gasteiger partial charge in [-0.3, -0.25) is 14.4 Å². The molecule has 184 valence electrons. The van der Waals surface area contributed by atoms with Gasteiger partial charge in [-0.25, -0.2) is 4.98 Å². The van der Waals surface area contributed by atoms with Crippen LogP contribution in [0.1, 0.15) is 28.5 Å². The number of hydrogen-bond donors (Lipinski definition) is 1. The highest BCUT2D eigenvalue weighted by atomic mass is 16.5. The van der Waals surface area contributed by atoms with Crippen LogP contribution in [0.5, 0.6) is 0 Å². The lowest BCUT2D eigenvalue weighted by Gasteiger charge is -2.13. The van der Waals surface area contributed by atoms with Crippen LogP contribution in [0, 0.1) is 13.8 Å². The molecule has 0 aliphatic carbocycles. The van der Waals surface area contributed by atoms with Gasteiger partial charge in [0.1, 0.15) is 17.8 Å². The highest BCUT2D eigenvalue weighted by molar-refractivity contribution is 5.97. The van der Waals surface area contributed by atoms with E-state index in [1.807, 2.05) is 38.1 Å². The molecule has 0 saturated carbocycles. The summed E-state index contributed by atoms with van der Waals surface area (Å²) in [6, 6.07) is 17.7. The first kappa shape index (κ1) is 23.8. The lowest BCUT2D eigenvalue weighted by Crippen LogP contribution is -2.22. The molecule has 0 bridgehead atoms. The molecule has 37 heavy (non-hydrogen) atoms. The van der Waals surface area contributed by atoms with Crippen molar-refractivity contribution in [2.75, 3.05) is 5.32 Å². The summed E-state index contributed by atoms with van der Waals surface area (Å²) in [5.41, 5.74) is 3.68. The number of anilines is 1. The van der Waals surface area contributed by atoms with Crippen LogP contribution >= 0.6 is 0 Å². The van der Waals surface area contributed by atoms with Crippen molar-refractivity contribution >= 4 is 28.4 Å². The molecular formula is C28H23N5O4. The zero-order valence-electron chi connectivity index (χ0n) is 20.5. The Kier molecular flexibility index (Phi) is 6.19. The Labute approximate surface area is 211 Å². The van der Waals surface area contributed by atoms with Crippen LogP contribution in [-0.4, -0.2) is 31.4 Å². The molecule has 0 saturated heterocycles. The van der Waals surface area contributed by atoms with Crippen LogP contribution in [0.25, 0.3) is 33.9 Å². The lowest BCUT2D eigenvalue weighted by molar-refractivity contribution is -0.116. The second-order valence-electron chi connectivity index (χ2n) is 8.80. The number of rotatable bonds is 6. The van der Waals surface area contributed by atoms with Crippen LogP contribution in [0.3, 0.4) is 0 Å². The SMILES string of the molecule is CC(=O)c1cccc(NC(=O)Cn2cc(-c3nc(-c4cccc(C)c4)no3)c(=O)c3ccc(C)nc32)c1. The quantitative estimate of drug-likeness (QED) is 0.344. The van der Waals surface area contributed by atoms with Crippen LogP contribution in [-0.2, 0) is 11.3 Å². The van der Waals surface area contributed by atoms with Gasteiger partial charge in [-0.1, -0.05) is 41.1 Å². The van der Waals surface area contributed by atoms with E-state index in [4.69, 9.17) is 4.52 Å². The molecule has 1 amide bonds. The predicted molar refractivity (Wildman–Crippen MR) is 139 cm³/mol. The molecule has 9 nitrogen and oxygen atoms in total. The van der Waals surface area contributed by atoms with E-state index in [0.29, 0.717) is 33.8 Å². The highest BCUT2D eigenvalue weighted by Gasteiger charge is 2.19. The molecule has 5 aromatic rings. The molecule has 9 heteroatoms. The summed E-state index contributed by atoms with van der Waals surface area (Å²) in [5.74, 6) is -0.0514. The molecule has 0 radical (unpaired) electrons. The van der Waals surface area contributed by atoms with Crippen molar-refractivity contribution in [3.05, 3.63) is 93.9 Å². The Balaban J connectivity index is 1.53. The number of amides is 1. The summed E-state index contributed by atoms with van der Waals surface area (Å²) in [6.45, 7) is 5.10. The summed E-state index contributed by atoms with van der Waals surface area (Å²) in [5, 5.41) is 7.18. The van der Waals surface area contributed by atoms with Crippen molar-refractivity contribution < 1.29 is 14.1 Å². The first-order chi connectivity index (χ1) is 17.8. The Morgan fingerprint density at radius 1 is 1.00 bits per heavy atom. The van der Waals surface area contributed by atoms with Crippen molar-refractivity contribution in [2.45, 2.75) is 27.3 Å². The molecule has 1 N–H and O–H groups in total. The molecule has 5 rings (SSSR count). The number of carbonyl (C=O) groups excluding carboxylic acids is 2. The molecule has 0 aliphatic heterocycles. The number of Topliss-reactive ketones (excluding diaryl/α,β-unsaturated/α-hetero) is 1. The fourth-order valence-corrected chi connectivity index (χ4v) is 4.04. The Morgan fingerprint density at radius 3 is 2.59 bits per heavy atom. The zero-order valence-corrected chi connectivity index (χ0v) is 20.5. The maximum absolute atomic E-state index is 13.4. The van der Waals surface area contributed by atoms with E-state index in [0.717, 1.165) is 11.1 Å². The second kappa shape index (κ2) is 9.62. The van der Waals surface area contributed by atoms with E-state index in [1.54, 1.807) is 41.0 Å². The molecule has 0 atom stereocenters. The van der Waals surface area contributed by atoms with Crippen molar-refractivity contribution in [3.8, 4) is 22.8 Å². The number of aromatic nitrogens is 4. The van der Waals surface area contributed by atoms with E-state index in [9.17, 15) is 14.4 Å². The van der Waals surface area contributed by atoms with Gasteiger partial charge in [-0.15, -0.1) is 0 Å². The summed E-state index contributed by atoms with van der Waals surface area (Å²) >= 11 is 0. The van der Waals surface area contributed by atoms with Crippen molar-refractivity contribution in [2.24, 2.45) is 0 Å². The number of nitrogens with one attached hydrogen (secondary N) is 1. The third-order valence-corrected chi connectivity index (χ3v) is 5.86. The van der Waals surface area contributed by atoms with Gasteiger partial charge in [-0.05, 0) is 51.1 Å². The average molecular weight is 494 g/mol. The fraction of sp³-hybridized carbons (Fsp3) is 0.143. The molecule has 3 aromatic heterocycles. The molecule has 2 aromatic carbocycles. The van der Waals surface area contributed by atoms with Gasteiger partial charge in [0.25, 0.3) is 5.89 Å². The third kappa shape index (κ3) is 4.92. The molecule has 3 heterocycles. The first-order valence-corrected chi connectivity index (χ1v) is 11.6. The van der Waals surface area contributed by atoms with E-state index >= 15 is 0 Å². The number of pyridine rings is 2. The molecule has 0 spiro atoms. The van der Waals surface area contributed by atoms with Crippen LogP contribution < -0.4 is 10.7 Å². The second-order valence-corrected chi connectivity index (χ2v) is 8.80. The number of ketones is 1. The molecule has 0 unspecified atom stereocenters. The summed E-state index contributed by atoms with van der Waals surface area (Å²) in [4.78, 5) is 47.0. The van der Waals surface area contributed by atoms with Crippen LogP contribution in [0.4, 0.5) is 5.69 Å². The number of carbonyl (C=O) groups is 2. The maximum Gasteiger partial charge on any atom is 0.263 e. The van der Waals surface area contributed by atoms with E-state index in [1.165, 1.54) is 13.1 Å². The van der Waals surface area contributed by atoms with Gasteiger partial charge in [0, 0.05) is 28.7 Å². The van der Waals surface area contributed by atoms with Crippen molar-refractivity contribution in [1.29, 1.82) is 0 Å². The minimum absolute atomic E-state index is 0.0484. The van der Waals surface area contributed by atoms with Gasteiger partial charge in [0.15, 0.2) is 5.78 Å². The number of fused-ring (bicyclic) bond motifs is 1. The standard InChI is InChI=1S/C28H23N5O4/c1-16-6-4-8-20(12-16)26-31-28(37-32-26)23-14-33(27-22(25(23)36)11-10-17(2)29-27)15-24(35)30-21-9-5-7-19(13-21)18(3)34/h4-14H,15H2,1-3H3,(H,30,35). The van der Waals surface area contributed by atoms with Gasteiger partial charge in [-0.2, -0.15) is 4.98 Å². The monoisotopic (exact) mass is 493 g/mol.